The first-order valence-corrected chi connectivity index (χ1v) is 5.89. The first kappa shape index (κ1) is 16.2. The molecule has 4 nitrogen and oxygen atoms in total. The Kier molecular flexibility index (Phi) is 8.31. The average Bonchev–Trinajstić information content (AvgIpc) is 2.28. The number of nitrogens with two attached hydrogens (primary N) is 1. The zero-order valence-corrected chi connectivity index (χ0v) is 10.9. The van der Waals surface area contributed by atoms with Gasteiger partial charge in [-0.15, -0.1) is 0 Å². The normalized spacial score (nSPS) is 11.6. The minimum atomic E-state index is -0.205. The van der Waals surface area contributed by atoms with Gasteiger partial charge in [-0.05, 0) is 25.0 Å². The molecule has 0 fully saturated rings. The smallest absolute Gasteiger partial charge is 0.247 e. The molecule has 0 heterocycles. The predicted molar refractivity (Wildman–Crippen MR) is 74.4 cm³/mol. The predicted octanol–water partition coefficient (Wildman–Crippen LogP) is 1.75. The molecule has 0 saturated carbocycles. The lowest BCUT2D eigenvalue weighted by Crippen LogP contribution is -2.19. The summed E-state index contributed by atoms with van der Waals surface area (Å²) in [7, 11) is 0. The summed E-state index contributed by atoms with van der Waals surface area (Å²) >= 11 is 0. The van der Waals surface area contributed by atoms with Crippen molar-refractivity contribution in [2.75, 3.05) is 6.61 Å². The lowest BCUT2D eigenvalue weighted by molar-refractivity contribution is -0.115. The quantitative estimate of drug-likeness (QED) is 0.454. The molecule has 0 radical (unpaired) electrons. The second-order valence-electron chi connectivity index (χ2n) is 3.90. The van der Waals surface area contributed by atoms with Crippen molar-refractivity contribution < 1.29 is 9.90 Å². The number of nitrogens with one attached hydrogen (secondary N) is 1. The Morgan fingerprint density at radius 3 is 2.67 bits per heavy atom. The SMILES string of the molecule is C=C(/C=C(\N)C/C=C/C(=O)NC(=C)CC)CCO. The number of amides is 1. The fourth-order valence-electron chi connectivity index (χ4n) is 1.14. The molecule has 0 aliphatic rings. The van der Waals surface area contributed by atoms with E-state index in [2.05, 4.69) is 18.5 Å². The van der Waals surface area contributed by atoms with Gasteiger partial charge in [-0.3, -0.25) is 4.79 Å². The molecule has 0 aliphatic heterocycles. The van der Waals surface area contributed by atoms with E-state index in [-0.39, 0.29) is 12.5 Å². The van der Waals surface area contributed by atoms with Crippen LogP contribution < -0.4 is 11.1 Å². The average molecular weight is 250 g/mol. The van der Waals surface area contributed by atoms with Gasteiger partial charge in [-0.2, -0.15) is 0 Å². The Balaban J connectivity index is 4.11. The summed E-state index contributed by atoms with van der Waals surface area (Å²) in [6.07, 6.45) is 6.50. The molecule has 18 heavy (non-hydrogen) atoms. The zero-order chi connectivity index (χ0) is 14.0. The summed E-state index contributed by atoms with van der Waals surface area (Å²) in [5.74, 6) is -0.205. The zero-order valence-electron chi connectivity index (χ0n) is 10.9. The van der Waals surface area contributed by atoms with Gasteiger partial charge in [-0.1, -0.05) is 31.7 Å². The summed E-state index contributed by atoms with van der Waals surface area (Å²) in [6, 6.07) is 0. The number of hydrogen-bond acceptors (Lipinski definition) is 3. The van der Waals surface area contributed by atoms with Crippen LogP contribution >= 0.6 is 0 Å². The van der Waals surface area contributed by atoms with Crippen LogP contribution in [0.4, 0.5) is 0 Å². The maximum atomic E-state index is 11.3. The van der Waals surface area contributed by atoms with E-state index in [1.807, 2.05) is 6.92 Å². The highest BCUT2D eigenvalue weighted by Crippen LogP contribution is 2.04. The van der Waals surface area contributed by atoms with Crippen molar-refractivity contribution in [2.24, 2.45) is 5.73 Å². The highest BCUT2D eigenvalue weighted by molar-refractivity contribution is 5.88. The van der Waals surface area contributed by atoms with Crippen LogP contribution in [0.5, 0.6) is 0 Å². The molecule has 0 bridgehead atoms. The van der Waals surface area contributed by atoms with Crippen LogP contribution in [0, 0.1) is 0 Å². The molecule has 0 unspecified atom stereocenters. The van der Waals surface area contributed by atoms with E-state index in [0.29, 0.717) is 30.7 Å². The van der Waals surface area contributed by atoms with Gasteiger partial charge < -0.3 is 16.2 Å². The van der Waals surface area contributed by atoms with Crippen molar-refractivity contribution in [2.45, 2.75) is 26.2 Å². The number of allylic oxidation sites excluding steroid dienone is 3. The first-order valence-electron chi connectivity index (χ1n) is 5.89. The lowest BCUT2D eigenvalue weighted by Gasteiger charge is -2.02. The van der Waals surface area contributed by atoms with Gasteiger partial charge >= 0.3 is 0 Å². The largest absolute Gasteiger partial charge is 0.402 e. The topological polar surface area (TPSA) is 75.4 Å². The van der Waals surface area contributed by atoms with E-state index in [9.17, 15) is 4.79 Å². The number of aliphatic hydroxyl groups is 1. The Morgan fingerprint density at radius 1 is 1.44 bits per heavy atom. The summed E-state index contributed by atoms with van der Waals surface area (Å²) in [5, 5.41) is 11.3. The highest BCUT2D eigenvalue weighted by Gasteiger charge is 1.96. The Hall–Kier alpha value is -1.81. The molecule has 4 heteroatoms. The van der Waals surface area contributed by atoms with Gasteiger partial charge in [0, 0.05) is 24.4 Å². The summed E-state index contributed by atoms with van der Waals surface area (Å²) in [4.78, 5) is 11.3. The van der Waals surface area contributed by atoms with Crippen LogP contribution in [0.25, 0.3) is 0 Å². The Bertz CT molecular complexity index is 368. The fourth-order valence-corrected chi connectivity index (χ4v) is 1.14. The van der Waals surface area contributed by atoms with Crippen LogP contribution in [0.3, 0.4) is 0 Å². The van der Waals surface area contributed by atoms with Gasteiger partial charge in [0.15, 0.2) is 0 Å². The molecule has 0 spiro atoms. The number of hydrogen-bond donors (Lipinski definition) is 3. The molecule has 4 N–H and O–H groups in total. The van der Waals surface area contributed by atoms with Gasteiger partial charge in [0.25, 0.3) is 0 Å². The van der Waals surface area contributed by atoms with E-state index >= 15 is 0 Å². The van der Waals surface area contributed by atoms with E-state index < -0.39 is 0 Å². The number of carbonyl (C=O) groups excluding carboxylic acids is 1. The molecule has 0 aromatic rings. The summed E-state index contributed by atoms with van der Waals surface area (Å²) < 4.78 is 0. The molecular weight excluding hydrogens is 228 g/mol. The molecule has 0 atom stereocenters. The molecule has 1 amide bonds. The third-order valence-corrected chi connectivity index (χ3v) is 2.17. The second-order valence-corrected chi connectivity index (χ2v) is 3.90. The standard InChI is InChI=1S/C14H22N2O2/c1-4-12(3)16-14(18)7-5-6-13(15)10-11(2)8-9-17/h5,7,10,17H,2-4,6,8-9,15H2,1H3,(H,16,18)/b7-5+,13-10-. The van der Waals surface area contributed by atoms with Crippen molar-refractivity contribution in [3.63, 3.8) is 0 Å². The molecule has 0 aromatic carbocycles. The highest BCUT2D eigenvalue weighted by atomic mass is 16.2. The summed E-state index contributed by atoms with van der Waals surface area (Å²) in [6.45, 7) is 9.40. The number of carbonyl (C=O) groups is 1. The fraction of sp³-hybridized carbons (Fsp3) is 0.357. The van der Waals surface area contributed by atoms with Crippen molar-refractivity contribution in [3.05, 3.63) is 48.4 Å². The van der Waals surface area contributed by atoms with Crippen LogP contribution in [-0.2, 0) is 4.79 Å². The van der Waals surface area contributed by atoms with Crippen molar-refractivity contribution in [3.8, 4) is 0 Å². The first-order chi connectivity index (χ1) is 8.49. The second kappa shape index (κ2) is 9.24. The number of rotatable bonds is 8. The van der Waals surface area contributed by atoms with Crippen LogP contribution in [0.2, 0.25) is 0 Å². The maximum Gasteiger partial charge on any atom is 0.247 e. The van der Waals surface area contributed by atoms with Gasteiger partial charge in [0.2, 0.25) is 5.91 Å². The minimum absolute atomic E-state index is 0.0555. The van der Waals surface area contributed by atoms with Crippen molar-refractivity contribution >= 4 is 5.91 Å². The monoisotopic (exact) mass is 250 g/mol. The maximum absolute atomic E-state index is 11.3. The van der Waals surface area contributed by atoms with Gasteiger partial charge in [0.05, 0.1) is 0 Å². The molecule has 100 valence electrons. The molecule has 0 saturated heterocycles. The minimum Gasteiger partial charge on any atom is -0.402 e. The van der Waals surface area contributed by atoms with E-state index in [1.54, 1.807) is 12.2 Å². The lowest BCUT2D eigenvalue weighted by atomic mass is 10.1. The van der Waals surface area contributed by atoms with E-state index in [4.69, 9.17) is 10.8 Å². The van der Waals surface area contributed by atoms with Crippen LogP contribution in [0.15, 0.2) is 48.4 Å². The molecule has 0 aromatic heterocycles. The molecule has 0 rings (SSSR count). The van der Waals surface area contributed by atoms with Crippen LogP contribution in [-0.4, -0.2) is 17.6 Å². The van der Waals surface area contributed by atoms with Crippen LogP contribution in [0.1, 0.15) is 26.2 Å². The van der Waals surface area contributed by atoms with Crippen molar-refractivity contribution in [1.29, 1.82) is 0 Å². The Morgan fingerprint density at radius 2 is 2.11 bits per heavy atom. The number of aliphatic hydroxyl groups excluding tert-OH is 1. The third kappa shape index (κ3) is 8.35. The van der Waals surface area contributed by atoms with Crippen molar-refractivity contribution in [1.82, 2.24) is 5.32 Å². The van der Waals surface area contributed by atoms with Gasteiger partial charge in [-0.25, -0.2) is 0 Å². The molecule has 0 aliphatic carbocycles. The van der Waals surface area contributed by atoms with Gasteiger partial charge in [0.1, 0.15) is 0 Å². The summed E-state index contributed by atoms with van der Waals surface area (Å²) in [5.41, 5.74) is 7.80. The molecular formula is C14H22N2O2. The third-order valence-electron chi connectivity index (χ3n) is 2.17. The van der Waals surface area contributed by atoms with E-state index in [0.717, 1.165) is 5.57 Å². The Labute approximate surface area is 109 Å². The van der Waals surface area contributed by atoms with E-state index in [1.165, 1.54) is 6.08 Å².